The third-order valence-electron chi connectivity index (χ3n) is 3.56. The average Bonchev–Trinajstić information content (AvgIpc) is 2.65. The number of nitrogens with zero attached hydrogens (tertiary/aromatic N) is 2. The van der Waals surface area contributed by atoms with Gasteiger partial charge in [0.1, 0.15) is 18.7 Å². The van der Waals surface area contributed by atoms with Gasteiger partial charge in [0.25, 0.3) is 11.5 Å². The SMILES string of the molecule is COCCOc1ccccc1C(=O)Nn1cnc2ccccc2c1=O. The molecule has 1 heterocycles. The monoisotopic (exact) mass is 339 g/mol. The maximum atomic E-state index is 12.5. The van der Waals surface area contributed by atoms with Gasteiger partial charge >= 0.3 is 0 Å². The van der Waals surface area contributed by atoms with E-state index < -0.39 is 5.91 Å². The van der Waals surface area contributed by atoms with Gasteiger partial charge in [0.15, 0.2) is 0 Å². The molecule has 3 aromatic rings. The molecule has 1 aromatic heterocycles. The Labute approximate surface area is 143 Å². The first-order valence-corrected chi connectivity index (χ1v) is 7.69. The Morgan fingerprint density at radius 1 is 1.12 bits per heavy atom. The maximum absolute atomic E-state index is 12.5. The first-order valence-electron chi connectivity index (χ1n) is 7.69. The molecule has 0 atom stereocenters. The highest BCUT2D eigenvalue weighted by atomic mass is 16.5. The minimum atomic E-state index is -0.466. The number of amides is 1. The number of ether oxygens (including phenoxy) is 2. The van der Waals surface area contributed by atoms with Gasteiger partial charge in [0.05, 0.1) is 23.1 Å². The van der Waals surface area contributed by atoms with Crippen molar-refractivity contribution in [2.75, 3.05) is 25.7 Å². The van der Waals surface area contributed by atoms with Crippen LogP contribution in [0.5, 0.6) is 5.75 Å². The van der Waals surface area contributed by atoms with E-state index in [-0.39, 0.29) is 5.56 Å². The second kappa shape index (κ2) is 7.59. The first-order chi connectivity index (χ1) is 12.2. The number of carbonyl (C=O) groups is 1. The number of carbonyl (C=O) groups excluding carboxylic acids is 1. The second-order valence-corrected chi connectivity index (χ2v) is 5.22. The molecule has 2 aromatic carbocycles. The zero-order valence-corrected chi connectivity index (χ0v) is 13.6. The molecule has 0 bridgehead atoms. The summed E-state index contributed by atoms with van der Waals surface area (Å²) >= 11 is 0. The highest BCUT2D eigenvalue weighted by Gasteiger charge is 2.14. The Bertz CT molecular complexity index is 952. The number of benzene rings is 2. The number of hydrogen-bond donors (Lipinski definition) is 1. The van der Waals surface area contributed by atoms with E-state index in [1.807, 2.05) is 0 Å². The van der Waals surface area contributed by atoms with E-state index in [1.165, 1.54) is 6.33 Å². The van der Waals surface area contributed by atoms with Gasteiger partial charge in [-0.15, -0.1) is 0 Å². The smallest absolute Gasteiger partial charge is 0.280 e. The normalized spacial score (nSPS) is 10.6. The Balaban J connectivity index is 1.86. The summed E-state index contributed by atoms with van der Waals surface area (Å²) in [6, 6.07) is 13.7. The van der Waals surface area contributed by atoms with Crippen molar-refractivity contribution in [1.82, 2.24) is 9.66 Å². The molecule has 0 saturated carbocycles. The van der Waals surface area contributed by atoms with Crippen LogP contribution < -0.4 is 15.7 Å². The third kappa shape index (κ3) is 3.67. The lowest BCUT2D eigenvalue weighted by Gasteiger charge is -2.12. The van der Waals surface area contributed by atoms with Gasteiger partial charge in [-0.1, -0.05) is 24.3 Å². The highest BCUT2D eigenvalue weighted by Crippen LogP contribution is 2.18. The molecule has 0 aliphatic carbocycles. The van der Waals surface area contributed by atoms with Crippen molar-refractivity contribution in [3.8, 4) is 5.75 Å². The number of para-hydroxylation sites is 2. The van der Waals surface area contributed by atoms with Gasteiger partial charge in [-0.3, -0.25) is 15.0 Å². The minimum absolute atomic E-state index is 0.318. The van der Waals surface area contributed by atoms with Crippen molar-refractivity contribution in [2.24, 2.45) is 0 Å². The maximum Gasteiger partial charge on any atom is 0.280 e. The van der Waals surface area contributed by atoms with E-state index >= 15 is 0 Å². The number of rotatable bonds is 6. The fourth-order valence-corrected chi connectivity index (χ4v) is 2.33. The summed E-state index contributed by atoms with van der Waals surface area (Å²) in [4.78, 5) is 29.2. The molecule has 0 aliphatic heterocycles. The quantitative estimate of drug-likeness (QED) is 0.693. The van der Waals surface area contributed by atoms with Crippen molar-refractivity contribution in [3.05, 3.63) is 70.8 Å². The molecule has 7 nitrogen and oxygen atoms in total. The molecule has 0 spiro atoms. The zero-order chi connectivity index (χ0) is 17.6. The summed E-state index contributed by atoms with van der Waals surface area (Å²) < 4.78 is 11.6. The molecule has 128 valence electrons. The summed E-state index contributed by atoms with van der Waals surface area (Å²) in [6.07, 6.45) is 1.29. The number of methoxy groups -OCH3 is 1. The van der Waals surface area contributed by atoms with Crippen molar-refractivity contribution in [1.29, 1.82) is 0 Å². The van der Waals surface area contributed by atoms with E-state index in [0.717, 1.165) is 4.68 Å². The Morgan fingerprint density at radius 2 is 1.88 bits per heavy atom. The van der Waals surface area contributed by atoms with Crippen molar-refractivity contribution in [3.63, 3.8) is 0 Å². The van der Waals surface area contributed by atoms with Crippen LogP contribution >= 0.6 is 0 Å². The molecule has 1 N–H and O–H groups in total. The molecular formula is C18H17N3O4. The van der Waals surface area contributed by atoms with Crippen molar-refractivity contribution in [2.45, 2.75) is 0 Å². The summed E-state index contributed by atoms with van der Waals surface area (Å²) in [5.74, 6) is -0.0500. The molecule has 0 saturated heterocycles. The van der Waals surface area contributed by atoms with E-state index in [2.05, 4.69) is 10.4 Å². The number of nitrogens with one attached hydrogen (secondary N) is 1. The van der Waals surface area contributed by atoms with Crippen LogP contribution in [0, 0.1) is 0 Å². The van der Waals surface area contributed by atoms with Gasteiger partial charge < -0.3 is 9.47 Å². The number of hydrogen-bond acceptors (Lipinski definition) is 5. The fourth-order valence-electron chi connectivity index (χ4n) is 2.33. The van der Waals surface area contributed by atoms with Crippen LogP contribution in [0.4, 0.5) is 0 Å². The predicted molar refractivity (Wildman–Crippen MR) is 93.5 cm³/mol. The molecule has 0 radical (unpaired) electrons. The van der Waals surface area contributed by atoms with Gasteiger partial charge in [-0.2, -0.15) is 0 Å². The van der Waals surface area contributed by atoms with Crippen LogP contribution in [0.1, 0.15) is 10.4 Å². The predicted octanol–water partition coefficient (Wildman–Crippen LogP) is 1.81. The summed E-state index contributed by atoms with van der Waals surface area (Å²) in [5, 5.41) is 0.426. The van der Waals surface area contributed by atoms with Crippen LogP contribution in [-0.4, -0.2) is 35.9 Å². The van der Waals surface area contributed by atoms with Crippen LogP contribution in [0.15, 0.2) is 59.7 Å². The van der Waals surface area contributed by atoms with E-state index in [4.69, 9.17) is 9.47 Å². The second-order valence-electron chi connectivity index (χ2n) is 5.22. The topological polar surface area (TPSA) is 82.4 Å². The largest absolute Gasteiger partial charge is 0.490 e. The van der Waals surface area contributed by atoms with Crippen molar-refractivity contribution >= 4 is 16.8 Å². The Kier molecular flexibility index (Phi) is 5.06. The number of fused-ring (bicyclic) bond motifs is 1. The molecule has 7 heteroatoms. The molecule has 25 heavy (non-hydrogen) atoms. The fraction of sp³-hybridized carbons (Fsp3) is 0.167. The van der Waals surface area contributed by atoms with E-state index in [9.17, 15) is 9.59 Å². The van der Waals surface area contributed by atoms with E-state index in [0.29, 0.717) is 35.4 Å². The van der Waals surface area contributed by atoms with Gasteiger partial charge in [-0.05, 0) is 24.3 Å². The summed E-state index contributed by atoms with van der Waals surface area (Å²) in [5.41, 5.74) is 3.08. The molecule has 0 aliphatic rings. The number of aromatic nitrogens is 2. The van der Waals surface area contributed by atoms with Gasteiger partial charge in [-0.25, -0.2) is 9.66 Å². The molecule has 3 rings (SSSR count). The minimum Gasteiger partial charge on any atom is -0.490 e. The average molecular weight is 339 g/mol. The van der Waals surface area contributed by atoms with E-state index in [1.54, 1.807) is 55.6 Å². The molecule has 1 amide bonds. The first kappa shape index (κ1) is 16.7. The standard InChI is InChI=1S/C18H17N3O4/c1-24-10-11-25-16-9-5-3-7-14(16)17(22)20-21-12-19-15-8-4-2-6-13(15)18(21)23/h2-9,12H,10-11H2,1H3,(H,20,22). The summed E-state index contributed by atoms with van der Waals surface area (Å²) in [7, 11) is 1.57. The van der Waals surface area contributed by atoms with Crippen molar-refractivity contribution < 1.29 is 14.3 Å². The lowest BCUT2D eigenvalue weighted by molar-refractivity contribution is 0.0998. The Hall–Kier alpha value is -3.19. The van der Waals surface area contributed by atoms with Crippen LogP contribution in [0.3, 0.4) is 0 Å². The molecule has 0 unspecified atom stereocenters. The van der Waals surface area contributed by atoms with Crippen LogP contribution in [-0.2, 0) is 4.74 Å². The zero-order valence-electron chi connectivity index (χ0n) is 13.6. The molecular weight excluding hydrogens is 322 g/mol. The van der Waals surface area contributed by atoms with Gasteiger partial charge in [0, 0.05) is 7.11 Å². The van der Waals surface area contributed by atoms with Crippen LogP contribution in [0.25, 0.3) is 10.9 Å². The Morgan fingerprint density at radius 3 is 2.72 bits per heavy atom. The lowest BCUT2D eigenvalue weighted by Crippen LogP contribution is -2.33. The van der Waals surface area contributed by atoms with Crippen LogP contribution in [0.2, 0.25) is 0 Å². The highest BCUT2D eigenvalue weighted by molar-refractivity contribution is 6.02. The third-order valence-corrected chi connectivity index (χ3v) is 3.56. The van der Waals surface area contributed by atoms with Gasteiger partial charge in [0.2, 0.25) is 0 Å². The summed E-state index contributed by atoms with van der Waals surface area (Å²) in [6.45, 7) is 0.724. The lowest BCUT2D eigenvalue weighted by atomic mass is 10.2. The molecule has 0 fully saturated rings.